The van der Waals surface area contributed by atoms with Crippen molar-refractivity contribution in [1.29, 1.82) is 0 Å². The molecular formula is C12H14ClIN2. The van der Waals surface area contributed by atoms with Crippen molar-refractivity contribution < 1.29 is 0 Å². The zero-order valence-corrected chi connectivity index (χ0v) is 12.0. The van der Waals surface area contributed by atoms with Crippen molar-refractivity contribution >= 4 is 34.2 Å². The van der Waals surface area contributed by atoms with Crippen molar-refractivity contribution in [3.8, 4) is 0 Å². The summed E-state index contributed by atoms with van der Waals surface area (Å²) in [5.41, 5.74) is 1.22. The Labute approximate surface area is 114 Å². The molecule has 0 bridgehead atoms. The largest absolute Gasteiger partial charge is 0.236 e. The third kappa shape index (κ3) is 2.08. The monoisotopic (exact) mass is 348 g/mol. The van der Waals surface area contributed by atoms with Gasteiger partial charge in [0.2, 0.25) is 0 Å². The van der Waals surface area contributed by atoms with E-state index in [2.05, 4.69) is 27.6 Å². The lowest BCUT2D eigenvalue weighted by Crippen LogP contribution is -2.06. The van der Waals surface area contributed by atoms with Gasteiger partial charge >= 0.3 is 0 Å². The highest BCUT2D eigenvalue weighted by Gasteiger charge is 2.30. The molecule has 2 fully saturated rings. The molecule has 1 aromatic heterocycles. The molecule has 0 N–H and O–H groups in total. The number of nitrogens with zero attached hydrogens (tertiary/aromatic N) is 2. The Hall–Kier alpha value is 0.100. The summed E-state index contributed by atoms with van der Waals surface area (Å²) in [5.74, 6) is 2.21. The molecule has 2 aliphatic carbocycles. The average molecular weight is 349 g/mol. The Bertz CT molecular complexity index is 412. The van der Waals surface area contributed by atoms with Crippen LogP contribution in [0.2, 0.25) is 5.15 Å². The smallest absolute Gasteiger partial charge is 0.146 e. The first-order chi connectivity index (χ1) is 7.75. The van der Waals surface area contributed by atoms with Crippen LogP contribution in [0.1, 0.15) is 61.9 Å². The van der Waals surface area contributed by atoms with E-state index in [1.807, 2.05) is 0 Å². The fourth-order valence-corrected chi connectivity index (χ4v) is 3.31. The molecule has 0 spiro atoms. The maximum Gasteiger partial charge on any atom is 0.146 e. The number of halogens is 2. The van der Waals surface area contributed by atoms with Gasteiger partial charge in [-0.05, 0) is 48.3 Å². The second-order valence-corrected chi connectivity index (χ2v) is 6.26. The maximum absolute atomic E-state index is 6.21. The van der Waals surface area contributed by atoms with Gasteiger partial charge < -0.3 is 0 Å². The lowest BCUT2D eigenvalue weighted by molar-refractivity contribution is 0.678. The summed E-state index contributed by atoms with van der Waals surface area (Å²) in [7, 11) is 0. The minimum atomic E-state index is 0.592. The highest BCUT2D eigenvalue weighted by Crippen LogP contribution is 2.42. The van der Waals surface area contributed by atoms with Gasteiger partial charge in [0.05, 0.1) is 9.26 Å². The standard InChI is InChI=1S/C12H14ClIN2/c13-11-9(14)10(7-3-1-2-4-7)15-12(16-11)8-5-6-8/h7-8H,1-6H2. The molecular weight excluding hydrogens is 335 g/mol. The van der Waals surface area contributed by atoms with E-state index < -0.39 is 0 Å². The lowest BCUT2D eigenvalue weighted by Gasteiger charge is -2.13. The number of rotatable bonds is 2. The van der Waals surface area contributed by atoms with Gasteiger partial charge in [-0.2, -0.15) is 0 Å². The molecule has 1 heterocycles. The van der Waals surface area contributed by atoms with E-state index in [0.717, 1.165) is 9.39 Å². The van der Waals surface area contributed by atoms with Crippen LogP contribution in [0.25, 0.3) is 0 Å². The van der Waals surface area contributed by atoms with Crippen LogP contribution in [-0.4, -0.2) is 9.97 Å². The quantitative estimate of drug-likeness (QED) is 0.589. The van der Waals surface area contributed by atoms with E-state index in [1.165, 1.54) is 44.2 Å². The fourth-order valence-electron chi connectivity index (χ4n) is 2.45. The van der Waals surface area contributed by atoms with E-state index in [-0.39, 0.29) is 0 Å². The van der Waals surface area contributed by atoms with Crippen LogP contribution >= 0.6 is 34.2 Å². The molecule has 2 nitrogen and oxygen atoms in total. The van der Waals surface area contributed by atoms with Crippen molar-refractivity contribution in [1.82, 2.24) is 9.97 Å². The molecule has 0 amide bonds. The molecule has 0 atom stereocenters. The van der Waals surface area contributed by atoms with Crippen molar-refractivity contribution in [3.63, 3.8) is 0 Å². The zero-order valence-electron chi connectivity index (χ0n) is 9.05. The molecule has 16 heavy (non-hydrogen) atoms. The van der Waals surface area contributed by atoms with Gasteiger partial charge in [0, 0.05) is 11.8 Å². The topological polar surface area (TPSA) is 25.8 Å². The minimum absolute atomic E-state index is 0.592. The van der Waals surface area contributed by atoms with Gasteiger partial charge in [0.25, 0.3) is 0 Å². The Morgan fingerprint density at radius 3 is 2.31 bits per heavy atom. The van der Waals surface area contributed by atoms with Crippen LogP contribution in [0, 0.1) is 3.57 Å². The number of hydrogen-bond donors (Lipinski definition) is 0. The Morgan fingerprint density at radius 2 is 1.69 bits per heavy atom. The van der Waals surface area contributed by atoms with Crippen LogP contribution < -0.4 is 0 Å². The number of hydrogen-bond acceptors (Lipinski definition) is 2. The van der Waals surface area contributed by atoms with Gasteiger partial charge in [0.1, 0.15) is 11.0 Å². The van der Waals surface area contributed by atoms with Crippen LogP contribution in [-0.2, 0) is 0 Å². The molecule has 2 aliphatic rings. The number of aromatic nitrogens is 2. The molecule has 0 unspecified atom stereocenters. The van der Waals surface area contributed by atoms with Gasteiger partial charge in [-0.1, -0.05) is 24.4 Å². The second-order valence-electron chi connectivity index (χ2n) is 4.83. The van der Waals surface area contributed by atoms with E-state index in [4.69, 9.17) is 16.6 Å². The van der Waals surface area contributed by atoms with Crippen LogP contribution in [0.3, 0.4) is 0 Å². The third-order valence-corrected chi connectivity index (χ3v) is 5.19. The summed E-state index contributed by atoms with van der Waals surface area (Å²) >= 11 is 8.51. The van der Waals surface area contributed by atoms with Crippen LogP contribution in [0.4, 0.5) is 0 Å². The summed E-state index contributed by atoms with van der Waals surface area (Å²) in [6, 6.07) is 0. The van der Waals surface area contributed by atoms with E-state index in [1.54, 1.807) is 0 Å². The van der Waals surface area contributed by atoms with Gasteiger partial charge in [-0.15, -0.1) is 0 Å². The maximum atomic E-state index is 6.21. The summed E-state index contributed by atoms with van der Waals surface area (Å²) in [5, 5.41) is 0.666. The van der Waals surface area contributed by atoms with Crippen LogP contribution in [0.5, 0.6) is 0 Å². The Kier molecular flexibility index (Phi) is 3.09. The van der Waals surface area contributed by atoms with Crippen molar-refractivity contribution in [3.05, 3.63) is 20.2 Å². The molecule has 0 aromatic carbocycles. The lowest BCUT2D eigenvalue weighted by atomic mass is 10.0. The SMILES string of the molecule is Clc1nc(C2CC2)nc(C2CCCC2)c1I. The Morgan fingerprint density at radius 1 is 1.00 bits per heavy atom. The molecule has 0 radical (unpaired) electrons. The summed E-state index contributed by atoms with van der Waals surface area (Å²) in [6.45, 7) is 0. The summed E-state index contributed by atoms with van der Waals surface area (Å²) in [6.07, 6.45) is 7.69. The molecule has 2 saturated carbocycles. The first kappa shape index (κ1) is 11.2. The average Bonchev–Trinajstić information content (AvgIpc) is 2.98. The fraction of sp³-hybridized carbons (Fsp3) is 0.667. The highest BCUT2D eigenvalue weighted by atomic mass is 127. The van der Waals surface area contributed by atoms with Gasteiger partial charge in [0.15, 0.2) is 0 Å². The summed E-state index contributed by atoms with van der Waals surface area (Å²) in [4.78, 5) is 9.19. The predicted octanol–water partition coefficient (Wildman–Crippen LogP) is 4.27. The third-order valence-electron chi connectivity index (χ3n) is 3.54. The van der Waals surface area contributed by atoms with Gasteiger partial charge in [-0.3, -0.25) is 0 Å². The Balaban J connectivity index is 2.00. The molecule has 1 aromatic rings. The van der Waals surface area contributed by atoms with Crippen LogP contribution in [0.15, 0.2) is 0 Å². The van der Waals surface area contributed by atoms with Crippen molar-refractivity contribution in [2.75, 3.05) is 0 Å². The van der Waals surface area contributed by atoms with E-state index in [0.29, 0.717) is 17.0 Å². The normalized spacial score (nSPS) is 21.6. The molecule has 0 saturated heterocycles. The molecule has 4 heteroatoms. The molecule has 86 valence electrons. The first-order valence-corrected chi connectivity index (χ1v) is 7.44. The molecule has 3 rings (SSSR count). The van der Waals surface area contributed by atoms with E-state index >= 15 is 0 Å². The molecule has 0 aliphatic heterocycles. The first-order valence-electron chi connectivity index (χ1n) is 5.98. The second kappa shape index (κ2) is 4.41. The summed E-state index contributed by atoms with van der Waals surface area (Å²) < 4.78 is 1.08. The van der Waals surface area contributed by atoms with E-state index in [9.17, 15) is 0 Å². The van der Waals surface area contributed by atoms with Gasteiger partial charge in [-0.25, -0.2) is 9.97 Å². The predicted molar refractivity (Wildman–Crippen MR) is 72.9 cm³/mol. The highest BCUT2D eigenvalue weighted by molar-refractivity contribution is 14.1. The zero-order chi connectivity index (χ0) is 11.1. The minimum Gasteiger partial charge on any atom is -0.236 e. The van der Waals surface area contributed by atoms with Crippen molar-refractivity contribution in [2.45, 2.75) is 50.4 Å². The van der Waals surface area contributed by atoms with Crippen molar-refractivity contribution in [2.24, 2.45) is 0 Å².